The molecule has 1 aromatic carbocycles. The van der Waals surface area contributed by atoms with Gasteiger partial charge in [0, 0.05) is 43.1 Å². The van der Waals surface area contributed by atoms with Crippen LogP contribution in [0.5, 0.6) is 0 Å². The summed E-state index contributed by atoms with van der Waals surface area (Å²) in [6.45, 7) is 6.14. The van der Waals surface area contributed by atoms with Gasteiger partial charge in [0.15, 0.2) is 5.78 Å². The van der Waals surface area contributed by atoms with Gasteiger partial charge in [0.25, 0.3) is 0 Å². The van der Waals surface area contributed by atoms with Gasteiger partial charge in [-0.05, 0) is 25.5 Å². The monoisotopic (exact) mass is 375 g/mol. The van der Waals surface area contributed by atoms with E-state index in [4.69, 9.17) is 0 Å². The number of aromatic nitrogens is 1. The highest BCUT2D eigenvalue weighted by Gasteiger charge is 2.28. The van der Waals surface area contributed by atoms with Crippen molar-refractivity contribution < 1.29 is 13.2 Å². The normalized spacial score (nSPS) is 16.7. The number of carbonyl (C=O) groups is 1. The number of benzene rings is 1. The van der Waals surface area contributed by atoms with E-state index < -0.39 is 10.0 Å². The molecule has 1 aromatic heterocycles. The summed E-state index contributed by atoms with van der Waals surface area (Å²) in [4.78, 5) is 17.6. The van der Waals surface area contributed by atoms with E-state index in [1.807, 2.05) is 55.1 Å². The Morgan fingerprint density at radius 2 is 1.73 bits per heavy atom. The summed E-state index contributed by atoms with van der Waals surface area (Å²) in [6.07, 6.45) is 0. The van der Waals surface area contributed by atoms with Gasteiger partial charge in [-0.15, -0.1) is 0 Å². The number of piperazine rings is 1. The fourth-order valence-electron chi connectivity index (χ4n) is 3.34. The van der Waals surface area contributed by atoms with Gasteiger partial charge in [-0.2, -0.15) is 4.31 Å². The largest absolute Gasteiger partial charge is 0.362 e. The SMILES string of the molecule is Cc1cc(C(=O)CN2CCN(S(=O)(=O)Cc3ccccc3)CC2)c(C)[nH]1. The zero-order valence-corrected chi connectivity index (χ0v) is 16.1. The number of nitrogens with zero attached hydrogens (tertiary/aromatic N) is 2. The molecular formula is C19H25N3O3S. The maximum Gasteiger partial charge on any atom is 0.218 e. The van der Waals surface area contributed by atoms with Crippen LogP contribution in [0.1, 0.15) is 27.3 Å². The van der Waals surface area contributed by atoms with Gasteiger partial charge in [0.05, 0.1) is 12.3 Å². The van der Waals surface area contributed by atoms with Crippen LogP contribution in [0.15, 0.2) is 36.4 Å². The maximum atomic E-state index is 12.6. The molecule has 0 saturated carbocycles. The summed E-state index contributed by atoms with van der Waals surface area (Å²) in [6, 6.07) is 11.1. The standard InChI is InChI=1S/C19H25N3O3S/c1-15-12-18(16(2)20-15)19(23)13-21-8-10-22(11-9-21)26(24,25)14-17-6-4-3-5-7-17/h3-7,12,20H,8-11,13-14H2,1-2H3. The minimum Gasteiger partial charge on any atom is -0.362 e. The van der Waals surface area contributed by atoms with Crippen LogP contribution in [0.3, 0.4) is 0 Å². The van der Waals surface area contributed by atoms with Crippen molar-refractivity contribution in [1.82, 2.24) is 14.2 Å². The molecule has 1 saturated heterocycles. The van der Waals surface area contributed by atoms with Crippen molar-refractivity contribution in [2.24, 2.45) is 0 Å². The van der Waals surface area contributed by atoms with Gasteiger partial charge >= 0.3 is 0 Å². The van der Waals surface area contributed by atoms with Gasteiger partial charge in [-0.3, -0.25) is 9.69 Å². The summed E-state index contributed by atoms with van der Waals surface area (Å²) in [7, 11) is -3.33. The molecule has 2 heterocycles. The van der Waals surface area contributed by atoms with Crippen LogP contribution in [0.2, 0.25) is 0 Å². The summed E-state index contributed by atoms with van der Waals surface area (Å²) in [5.41, 5.74) is 3.38. The highest BCUT2D eigenvalue weighted by Crippen LogP contribution is 2.15. The Balaban J connectivity index is 1.55. The predicted octanol–water partition coefficient (Wildman–Crippen LogP) is 1.96. The molecule has 0 spiro atoms. The van der Waals surface area contributed by atoms with E-state index in [2.05, 4.69) is 4.98 Å². The van der Waals surface area contributed by atoms with Crippen LogP contribution in [-0.2, 0) is 15.8 Å². The molecule has 2 aromatic rings. The highest BCUT2D eigenvalue weighted by molar-refractivity contribution is 7.88. The molecule has 0 bridgehead atoms. The number of aromatic amines is 1. The van der Waals surface area contributed by atoms with Crippen LogP contribution >= 0.6 is 0 Å². The number of nitrogens with one attached hydrogen (secondary N) is 1. The second-order valence-corrected chi connectivity index (χ2v) is 8.80. The Kier molecular flexibility index (Phi) is 5.60. The molecule has 0 radical (unpaired) electrons. The molecule has 0 atom stereocenters. The summed E-state index contributed by atoms with van der Waals surface area (Å²) >= 11 is 0. The van der Waals surface area contributed by atoms with Crippen molar-refractivity contribution in [1.29, 1.82) is 0 Å². The first kappa shape index (κ1) is 18.8. The Morgan fingerprint density at radius 3 is 2.31 bits per heavy atom. The Bertz CT molecular complexity index is 867. The number of Topliss-reactive ketones (excluding diaryl/α,β-unsaturated/α-hetero) is 1. The number of aryl methyl sites for hydroxylation is 2. The average molecular weight is 375 g/mol. The number of rotatable bonds is 6. The van der Waals surface area contributed by atoms with Gasteiger partial charge in [-0.25, -0.2) is 8.42 Å². The lowest BCUT2D eigenvalue weighted by Crippen LogP contribution is -2.50. The molecule has 7 heteroatoms. The molecular weight excluding hydrogens is 350 g/mol. The van der Waals surface area contributed by atoms with E-state index in [9.17, 15) is 13.2 Å². The molecule has 140 valence electrons. The zero-order chi connectivity index (χ0) is 18.7. The van der Waals surface area contributed by atoms with Crippen molar-refractivity contribution in [3.8, 4) is 0 Å². The average Bonchev–Trinajstić information content (AvgIpc) is 2.94. The minimum absolute atomic E-state index is 0.0224. The number of H-pyrrole nitrogens is 1. The third-order valence-electron chi connectivity index (χ3n) is 4.73. The van der Waals surface area contributed by atoms with E-state index in [1.54, 1.807) is 0 Å². The third-order valence-corrected chi connectivity index (χ3v) is 6.58. The Morgan fingerprint density at radius 1 is 1.08 bits per heavy atom. The first-order chi connectivity index (χ1) is 12.3. The minimum atomic E-state index is -3.33. The lowest BCUT2D eigenvalue weighted by atomic mass is 10.1. The molecule has 1 aliphatic heterocycles. The van der Waals surface area contributed by atoms with Crippen LogP contribution < -0.4 is 0 Å². The van der Waals surface area contributed by atoms with Gasteiger partial charge < -0.3 is 4.98 Å². The summed E-state index contributed by atoms with van der Waals surface area (Å²) in [5, 5.41) is 0. The number of carbonyl (C=O) groups excluding carboxylic acids is 1. The quantitative estimate of drug-likeness (QED) is 0.784. The molecule has 6 nitrogen and oxygen atoms in total. The van der Waals surface area contributed by atoms with Gasteiger partial charge in [0.1, 0.15) is 0 Å². The number of sulfonamides is 1. The van der Waals surface area contributed by atoms with E-state index in [0.717, 1.165) is 22.5 Å². The van der Waals surface area contributed by atoms with Gasteiger partial charge in [-0.1, -0.05) is 30.3 Å². The topological polar surface area (TPSA) is 73.5 Å². The summed E-state index contributed by atoms with van der Waals surface area (Å²) in [5.74, 6) is 0.0987. The lowest BCUT2D eigenvalue weighted by Gasteiger charge is -2.33. The fourth-order valence-corrected chi connectivity index (χ4v) is 4.86. The molecule has 1 N–H and O–H groups in total. The molecule has 1 fully saturated rings. The Labute approximate surface area is 154 Å². The van der Waals surface area contributed by atoms with E-state index in [0.29, 0.717) is 32.7 Å². The van der Waals surface area contributed by atoms with Crippen LogP contribution in [-0.4, -0.2) is 61.1 Å². The smallest absolute Gasteiger partial charge is 0.218 e. The van der Waals surface area contributed by atoms with E-state index >= 15 is 0 Å². The highest BCUT2D eigenvalue weighted by atomic mass is 32.2. The van der Waals surface area contributed by atoms with Crippen LogP contribution in [0, 0.1) is 13.8 Å². The number of hydrogen-bond donors (Lipinski definition) is 1. The number of ketones is 1. The fraction of sp³-hybridized carbons (Fsp3) is 0.421. The van der Waals surface area contributed by atoms with Crippen molar-refractivity contribution in [3.05, 3.63) is 58.9 Å². The van der Waals surface area contributed by atoms with Crippen LogP contribution in [0.25, 0.3) is 0 Å². The maximum absolute atomic E-state index is 12.6. The second-order valence-electron chi connectivity index (χ2n) is 6.83. The van der Waals surface area contributed by atoms with E-state index in [-0.39, 0.29) is 11.5 Å². The Hall–Kier alpha value is -1.96. The molecule has 26 heavy (non-hydrogen) atoms. The third kappa shape index (κ3) is 4.41. The molecule has 0 amide bonds. The van der Waals surface area contributed by atoms with Crippen molar-refractivity contribution in [2.45, 2.75) is 19.6 Å². The van der Waals surface area contributed by atoms with Crippen molar-refractivity contribution in [2.75, 3.05) is 32.7 Å². The van der Waals surface area contributed by atoms with Crippen molar-refractivity contribution in [3.63, 3.8) is 0 Å². The first-order valence-electron chi connectivity index (χ1n) is 8.78. The first-order valence-corrected chi connectivity index (χ1v) is 10.4. The molecule has 1 aliphatic rings. The van der Waals surface area contributed by atoms with E-state index in [1.165, 1.54) is 4.31 Å². The molecule has 3 rings (SSSR count). The molecule has 0 unspecified atom stereocenters. The van der Waals surface area contributed by atoms with Gasteiger partial charge in [0.2, 0.25) is 10.0 Å². The number of hydrogen-bond acceptors (Lipinski definition) is 4. The predicted molar refractivity (Wildman–Crippen MR) is 102 cm³/mol. The van der Waals surface area contributed by atoms with Crippen molar-refractivity contribution >= 4 is 15.8 Å². The second kappa shape index (κ2) is 7.73. The molecule has 0 aliphatic carbocycles. The lowest BCUT2D eigenvalue weighted by molar-refractivity contribution is 0.0901. The zero-order valence-electron chi connectivity index (χ0n) is 15.2. The van der Waals surface area contributed by atoms with Crippen LogP contribution in [0.4, 0.5) is 0 Å². The summed E-state index contributed by atoms with van der Waals surface area (Å²) < 4.78 is 26.7.